The summed E-state index contributed by atoms with van der Waals surface area (Å²) in [5.41, 5.74) is 0.460. The normalized spacial score (nSPS) is 20.9. The lowest BCUT2D eigenvalue weighted by molar-refractivity contribution is 0.0612. The van der Waals surface area contributed by atoms with Crippen molar-refractivity contribution < 1.29 is 0 Å². The van der Waals surface area contributed by atoms with Crippen molar-refractivity contribution in [2.24, 2.45) is 0 Å². The van der Waals surface area contributed by atoms with Crippen LogP contribution in [0, 0.1) is 0 Å². The first-order chi connectivity index (χ1) is 6.21. The molecule has 0 atom stereocenters. The quantitative estimate of drug-likeness (QED) is 0.513. The van der Waals surface area contributed by atoms with E-state index in [1.165, 1.54) is 19.3 Å². The predicted octanol–water partition coefficient (Wildman–Crippen LogP) is 1.64. The van der Waals surface area contributed by atoms with E-state index in [4.69, 9.17) is 0 Å². The molecule has 76 valence electrons. The number of allylic oxidation sites excluding steroid dienone is 1. The molecular formula is C11H22N2. The summed E-state index contributed by atoms with van der Waals surface area (Å²) >= 11 is 0. The van der Waals surface area contributed by atoms with E-state index in [-0.39, 0.29) is 0 Å². The van der Waals surface area contributed by atoms with Crippen LogP contribution in [0.3, 0.4) is 0 Å². The van der Waals surface area contributed by atoms with Crippen LogP contribution < -0.4 is 5.32 Å². The average molecular weight is 182 g/mol. The molecule has 1 aliphatic carbocycles. The number of hydrogen-bond donors (Lipinski definition) is 1. The van der Waals surface area contributed by atoms with E-state index in [1.54, 1.807) is 0 Å². The van der Waals surface area contributed by atoms with Crippen LogP contribution in [0.4, 0.5) is 0 Å². The molecule has 0 unspecified atom stereocenters. The third-order valence-electron chi connectivity index (χ3n) is 3.18. The number of rotatable bonds is 5. The molecule has 1 rings (SSSR count). The fraction of sp³-hybridized carbons (Fsp3) is 0.818. The van der Waals surface area contributed by atoms with Gasteiger partial charge >= 0.3 is 0 Å². The number of likely N-dealkylation sites (N-methyl/N-ethyl adjacent to an activating group) is 1. The van der Waals surface area contributed by atoms with Gasteiger partial charge in [-0.3, -0.25) is 0 Å². The first kappa shape index (κ1) is 10.7. The van der Waals surface area contributed by atoms with Crippen molar-refractivity contribution in [1.82, 2.24) is 10.2 Å². The molecular weight excluding hydrogens is 160 g/mol. The summed E-state index contributed by atoms with van der Waals surface area (Å²) in [6.45, 7) is 4.20. The van der Waals surface area contributed by atoms with Gasteiger partial charge < -0.3 is 10.2 Å². The standard InChI is InChI=1S/C11H22N2/c1-4-5-9-12-10-11(13(2)3)7-6-8-11/h4-5,12H,6-10H2,1-3H3/b5-4+. The fourth-order valence-corrected chi connectivity index (χ4v) is 1.87. The summed E-state index contributed by atoms with van der Waals surface area (Å²) in [6, 6.07) is 0. The molecule has 0 amide bonds. The summed E-state index contributed by atoms with van der Waals surface area (Å²) in [5.74, 6) is 0. The fourth-order valence-electron chi connectivity index (χ4n) is 1.87. The molecule has 1 fully saturated rings. The first-order valence-corrected chi connectivity index (χ1v) is 5.20. The third kappa shape index (κ3) is 2.55. The van der Waals surface area contributed by atoms with Gasteiger partial charge in [0.25, 0.3) is 0 Å². The van der Waals surface area contributed by atoms with Crippen LogP contribution in [0.1, 0.15) is 26.2 Å². The monoisotopic (exact) mass is 182 g/mol. The molecule has 13 heavy (non-hydrogen) atoms. The predicted molar refractivity (Wildman–Crippen MR) is 58.0 cm³/mol. The molecule has 0 aliphatic heterocycles. The molecule has 0 bridgehead atoms. The zero-order chi connectivity index (χ0) is 9.73. The second-order valence-electron chi connectivity index (χ2n) is 4.17. The molecule has 2 heteroatoms. The molecule has 1 aliphatic rings. The Bertz CT molecular complexity index is 169. The van der Waals surface area contributed by atoms with Crippen LogP contribution in [-0.4, -0.2) is 37.6 Å². The molecule has 0 saturated heterocycles. The lowest BCUT2D eigenvalue weighted by Gasteiger charge is -2.47. The summed E-state index contributed by atoms with van der Waals surface area (Å²) < 4.78 is 0. The third-order valence-corrected chi connectivity index (χ3v) is 3.18. The maximum atomic E-state index is 3.48. The lowest BCUT2D eigenvalue weighted by Crippen LogP contribution is -2.56. The molecule has 0 aromatic heterocycles. The van der Waals surface area contributed by atoms with Gasteiger partial charge in [0, 0.05) is 18.6 Å². The topological polar surface area (TPSA) is 15.3 Å². The molecule has 0 radical (unpaired) electrons. The highest BCUT2D eigenvalue weighted by atomic mass is 15.2. The zero-order valence-electron chi connectivity index (χ0n) is 9.14. The molecule has 0 spiro atoms. The maximum Gasteiger partial charge on any atom is 0.0328 e. The van der Waals surface area contributed by atoms with Gasteiger partial charge in [-0.15, -0.1) is 0 Å². The van der Waals surface area contributed by atoms with Crippen LogP contribution in [-0.2, 0) is 0 Å². The maximum absolute atomic E-state index is 3.48. The van der Waals surface area contributed by atoms with Crippen LogP contribution in [0.15, 0.2) is 12.2 Å². The van der Waals surface area contributed by atoms with Gasteiger partial charge in [-0.1, -0.05) is 12.2 Å². The van der Waals surface area contributed by atoms with E-state index < -0.39 is 0 Å². The Morgan fingerprint density at radius 2 is 2.08 bits per heavy atom. The van der Waals surface area contributed by atoms with E-state index in [9.17, 15) is 0 Å². The number of nitrogens with one attached hydrogen (secondary N) is 1. The van der Waals surface area contributed by atoms with Gasteiger partial charge in [0.15, 0.2) is 0 Å². The van der Waals surface area contributed by atoms with Crippen LogP contribution in [0.5, 0.6) is 0 Å². The van der Waals surface area contributed by atoms with Crippen molar-refractivity contribution in [3.63, 3.8) is 0 Å². The SMILES string of the molecule is C/C=C/CNCC1(N(C)C)CCC1. The Balaban J connectivity index is 2.24. The summed E-state index contributed by atoms with van der Waals surface area (Å²) in [5, 5.41) is 3.48. The Kier molecular flexibility index (Phi) is 3.94. The van der Waals surface area contributed by atoms with Crippen molar-refractivity contribution >= 4 is 0 Å². The Hall–Kier alpha value is -0.340. The smallest absolute Gasteiger partial charge is 0.0328 e. The van der Waals surface area contributed by atoms with Gasteiger partial charge in [-0.2, -0.15) is 0 Å². The molecule has 1 N–H and O–H groups in total. The van der Waals surface area contributed by atoms with Crippen LogP contribution >= 0.6 is 0 Å². The summed E-state index contributed by atoms with van der Waals surface area (Å²) in [6.07, 6.45) is 8.35. The van der Waals surface area contributed by atoms with E-state index in [0.717, 1.165) is 13.1 Å². The highest BCUT2D eigenvalue weighted by Gasteiger charge is 2.38. The number of hydrogen-bond acceptors (Lipinski definition) is 2. The van der Waals surface area contributed by atoms with Crippen LogP contribution in [0.2, 0.25) is 0 Å². The average Bonchev–Trinajstić information content (AvgIpc) is 2.01. The van der Waals surface area contributed by atoms with Gasteiger partial charge in [-0.05, 0) is 40.3 Å². The second kappa shape index (κ2) is 4.77. The van der Waals surface area contributed by atoms with E-state index in [1.807, 2.05) is 0 Å². The van der Waals surface area contributed by atoms with Crippen LogP contribution in [0.25, 0.3) is 0 Å². The van der Waals surface area contributed by atoms with Crippen molar-refractivity contribution in [1.29, 1.82) is 0 Å². The van der Waals surface area contributed by atoms with E-state index in [0.29, 0.717) is 5.54 Å². The van der Waals surface area contributed by atoms with Gasteiger partial charge in [0.2, 0.25) is 0 Å². The molecule has 0 aromatic carbocycles. The first-order valence-electron chi connectivity index (χ1n) is 5.20. The van der Waals surface area contributed by atoms with Crippen molar-refractivity contribution in [3.05, 3.63) is 12.2 Å². The van der Waals surface area contributed by atoms with Gasteiger partial charge in [-0.25, -0.2) is 0 Å². The van der Waals surface area contributed by atoms with E-state index in [2.05, 4.69) is 43.4 Å². The highest BCUT2D eigenvalue weighted by molar-refractivity contribution is 4.98. The zero-order valence-corrected chi connectivity index (χ0v) is 9.14. The Morgan fingerprint density at radius 3 is 2.46 bits per heavy atom. The lowest BCUT2D eigenvalue weighted by atomic mass is 9.75. The molecule has 2 nitrogen and oxygen atoms in total. The van der Waals surface area contributed by atoms with Crippen molar-refractivity contribution in [2.45, 2.75) is 31.7 Å². The minimum Gasteiger partial charge on any atom is -0.311 e. The van der Waals surface area contributed by atoms with Crippen molar-refractivity contribution in [2.75, 3.05) is 27.2 Å². The largest absolute Gasteiger partial charge is 0.311 e. The van der Waals surface area contributed by atoms with Gasteiger partial charge in [0.1, 0.15) is 0 Å². The molecule has 0 aromatic rings. The Labute approximate surface area is 82.0 Å². The van der Waals surface area contributed by atoms with Gasteiger partial charge in [0.05, 0.1) is 0 Å². The van der Waals surface area contributed by atoms with E-state index >= 15 is 0 Å². The molecule has 1 saturated carbocycles. The highest BCUT2D eigenvalue weighted by Crippen LogP contribution is 2.35. The minimum atomic E-state index is 0.460. The number of nitrogens with zero attached hydrogens (tertiary/aromatic N) is 1. The summed E-state index contributed by atoms with van der Waals surface area (Å²) in [7, 11) is 4.38. The molecule has 0 heterocycles. The minimum absolute atomic E-state index is 0.460. The second-order valence-corrected chi connectivity index (χ2v) is 4.17. The summed E-state index contributed by atoms with van der Waals surface area (Å²) in [4.78, 5) is 2.37. The van der Waals surface area contributed by atoms with Crippen molar-refractivity contribution in [3.8, 4) is 0 Å². The Morgan fingerprint density at radius 1 is 1.38 bits per heavy atom.